The number of piperidine rings is 1. The third kappa shape index (κ3) is 2.15. The van der Waals surface area contributed by atoms with Gasteiger partial charge in [-0.3, -0.25) is 4.90 Å². The SMILES string of the molecule is CC1CCN(C2(CN)CCOc3ccccc32)CC1. The summed E-state index contributed by atoms with van der Waals surface area (Å²) in [4.78, 5) is 2.61. The predicted molar refractivity (Wildman–Crippen MR) is 77.3 cm³/mol. The third-order valence-electron chi connectivity index (χ3n) is 4.89. The van der Waals surface area contributed by atoms with Gasteiger partial charge in [-0.1, -0.05) is 25.1 Å². The maximum atomic E-state index is 6.22. The molecule has 0 spiro atoms. The standard InChI is InChI=1S/C16H24N2O/c1-13-6-9-18(10-7-13)16(12-17)8-11-19-15-5-3-2-4-14(15)16/h2-5,13H,6-12,17H2,1H3. The van der Waals surface area contributed by atoms with Crippen molar-refractivity contribution in [3.8, 4) is 5.75 Å². The Labute approximate surface area is 115 Å². The number of hydrogen-bond acceptors (Lipinski definition) is 3. The molecule has 2 aliphatic rings. The van der Waals surface area contributed by atoms with E-state index in [0.717, 1.165) is 37.8 Å². The van der Waals surface area contributed by atoms with Crippen LogP contribution in [0.1, 0.15) is 31.7 Å². The average Bonchev–Trinajstić information content (AvgIpc) is 2.47. The minimum atomic E-state index is -0.00498. The molecule has 0 radical (unpaired) electrons. The summed E-state index contributed by atoms with van der Waals surface area (Å²) in [5.41, 5.74) is 7.51. The first-order chi connectivity index (χ1) is 9.26. The minimum absolute atomic E-state index is 0.00498. The quantitative estimate of drug-likeness (QED) is 0.887. The van der Waals surface area contributed by atoms with E-state index in [4.69, 9.17) is 10.5 Å². The molecule has 3 rings (SSSR count). The van der Waals surface area contributed by atoms with Crippen LogP contribution in [0.25, 0.3) is 0 Å². The molecule has 19 heavy (non-hydrogen) atoms. The van der Waals surface area contributed by atoms with Crippen LogP contribution in [0.4, 0.5) is 0 Å². The van der Waals surface area contributed by atoms with Gasteiger partial charge in [0, 0.05) is 18.5 Å². The minimum Gasteiger partial charge on any atom is -0.493 e. The van der Waals surface area contributed by atoms with E-state index in [-0.39, 0.29) is 5.54 Å². The first-order valence-electron chi connectivity index (χ1n) is 7.44. The van der Waals surface area contributed by atoms with Gasteiger partial charge in [0.05, 0.1) is 12.1 Å². The second-order valence-electron chi connectivity index (χ2n) is 6.00. The summed E-state index contributed by atoms with van der Waals surface area (Å²) in [6, 6.07) is 8.42. The Bertz CT molecular complexity index is 440. The van der Waals surface area contributed by atoms with E-state index in [9.17, 15) is 0 Å². The number of nitrogens with zero attached hydrogens (tertiary/aromatic N) is 1. The van der Waals surface area contributed by atoms with Gasteiger partial charge in [-0.15, -0.1) is 0 Å². The molecule has 3 heteroatoms. The topological polar surface area (TPSA) is 38.5 Å². The van der Waals surface area contributed by atoms with Crippen molar-refractivity contribution in [1.29, 1.82) is 0 Å². The van der Waals surface area contributed by atoms with Crippen LogP contribution < -0.4 is 10.5 Å². The van der Waals surface area contributed by atoms with E-state index in [1.165, 1.54) is 18.4 Å². The van der Waals surface area contributed by atoms with Gasteiger partial charge in [0.15, 0.2) is 0 Å². The molecule has 0 bridgehead atoms. The van der Waals surface area contributed by atoms with Gasteiger partial charge < -0.3 is 10.5 Å². The molecule has 0 aliphatic carbocycles. The number of hydrogen-bond donors (Lipinski definition) is 1. The highest BCUT2D eigenvalue weighted by atomic mass is 16.5. The molecule has 1 saturated heterocycles. The number of rotatable bonds is 2. The lowest BCUT2D eigenvalue weighted by Gasteiger charge is -2.49. The van der Waals surface area contributed by atoms with Crippen LogP contribution >= 0.6 is 0 Å². The lowest BCUT2D eigenvalue weighted by molar-refractivity contribution is 0.0228. The fourth-order valence-corrected chi connectivity index (χ4v) is 3.55. The van der Waals surface area contributed by atoms with E-state index >= 15 is 0 Å². The Morgan fingerprint density at radius 1 is 1.32 bits per heavy atom. The van der Waals surface area contributed by atoms with E-state index in [1.807, 2.05) is 6.07 Å². The Balaban J connectivity index is 1.95. The monoisotopic (exact) mass is 260 g/mol. The molecule has 1 aromatic rings. The molecule has 3 nitrogen and oxygen atoms in total. The summed E-state index contributed by atoms with van der Waals surface area (Å²) in [5.74, 6) is 1.87. The van der Waals surface area contributed by atoms with Gasteiger partial charge in [0.25, 0.3) is 0 Å². The van der Waals surface area contributed by atoms with Crippen LogP contribution in [0.2, 0.25) is 0 Å². The number of para-hydroxylation sites is 1. The van der Waals surface area contributed by atoms with Crippen LogP contribution in [0, 0.1) is 5.92 Å². The van der Waals surface area contributed by atoms with Crippen molar-refractivity contribution < 1.29 is 4.74 Å². The van der Waals surface area contributed by atoms with E-state index in [1.54, 1.807) is 0 Å². The van der Waals surface area contributed by atoms with Gasteiger partial charge in [0.2, 0.25) is 0 Å². The van der Waals surface area contributed by atoms with Crippen molar-refractivity contribution >= 4 is 0 Å². The second-order valence-corrected chi connectivity index (χ2v) is 6.00. The molecule has 1 aromatic carbocycles. The predicted octanol–water partition coefficient (Wildman–Crippen LogP) is 2.36. The summed E-state index contributed by atoms with van der Waals surface area (Å²) >= 11 is 0. The van der Waals surface area contributed by atoms with Crippen molar-refractivity contribution in [3.63, 3.8) is 0 Å². The first-order valence-corrected chi connectivity index (χ1v) is 7.44. The van der Waals surface area contributed by atoms with Gasteiger partial charge >= 0.3 is 0 Å². The first kappa shape index (κ1) is 12.9. The molecule has 0 aromatic heterocycles. The zero-order valence-corrected chi connectivity index (χ0v) is 11.8. The molecular formula is C16H24N2O. The molecule has 0 saturated carbocycles. The molecule has 1 fully saturated rings. The number of ether oxygens (including phenoxy) is 1. The molecule has 0 amide bonds. The molecular weight excluding hydrogens is 236 g/mol. The Morgan fingerprint density at radius 3 is 2.79 bits per heavy atom. The zero-order chi connectivity index (χ0) is 13.3. The van der Waals surface area contributed by atoms with Crippen LogP contribution in [-0.2, 0) is 5.54 Å². The molecule has 1 unspecified atom stereocenters. The lowest BCUT2D eigenvalue weighted by Crippen LogP contribution is -2.56. The van der Waals surface area contributed by atoms with Gasteiger partial charge in [0.1, 0.15) is 5.75 Å². The highest BCUT2D eigenvalue weighted by molar-refractivity contribution is 5.41. The summed E-state index contributed by atoms with van der Waals surface area (Å²) in [6.45, 7) is 6.13. The van der Waals surface area contributed by atoms with Crippen molar-refractivity contribution in [2.45, 2.75) is 31.7 Å². The van der Waals surface area contributed by atoms with E-state index in [0.29, 0.717) is 6.54 Å². The molecule has 1 atom stereocenters. The smallest absolute Gasteiger partial charge is 0.124 e. The van der Waals surface area contributed by atoms with Crippen LogP contribution in [0.3, 0.4) is 0 Å². The van der Waals surface area contributed by atoms with Crippen LogP contribution in [-0.4, -0.2) is 31.1 Å². The Hall–Kier alpha value is -1.06. The van der Waals surface area contributed by atoms with Crippen molar-refractivity contribution in [2.24, 2.45) is 11.7 Å². The number of likely N-dealkylation sites (tertiary alicyclic amines) is 1. The lowest BCUT2D eigenvalue weighted by atomic mass is 9.81. The van der Waals surface area contributed by atoms with Crippen molar-refractivity contribution in [1.82, 2.24) is 4.90 Å². The fraction of sp³-hybridized carbons (Fsp3) is 0.625. The summed E-state index contributed by atoms with van der Waals surface area (Å²) in [6.07, 6.45) is 3.57. The number of fused-ring (bicyclic) bond motifs is 1. The van der Waals surface area contributed by atoms with Crippen LogP contribution in [0.15, 0.2) is 24.3 Å². The largest absolute Gasteiger partial charge is 0.493 e. The average molecular weight is 260 g/mol. The fourth-order valence-electron chi connectivity index (χ4n) is 3.55. The van der Waals surface area contributed by atoms with Crippen molar-refractivity contribution in [2.75, 3.05) is 26.2 Å². The molecule has 2 aliphatic heterocycles. The second kappa shape index (κ2) is 5.14. The summed E-state index contributed by atoms with van der Waals surface area (Å²) in [5, 5.41) is 0. The maximum absolute atomic E-state index is 6.22. The molecule has 104 valence electrons. The molecule has 2 N–H and O–H groups in total. The highest BCUT2D eigenvalue weighted by Gasteiger charge is 2.42. The maximum Gasteiger partial charge on any atom is 0.124 e. The van der Waals surface area contributed by atoms with Gasteiger partial charge in [-0.25, -0.2) is 0 Å². The number of nitrogens with two attached hydrogens (primary N) is 1. The van der Waals surface area contributed by atoms with E-state index in [2.05, 4.69) is 30.0 Å². The zero-order valence-electron chi connectivity index (χ0n) is 11.8. The number of benzene rings is 1. The van der Waals surface area contributed by atoms with Crippen LogP contribution in [0.5, 0.6) is 5.75 Å². The third-order valence-corrected chi connectivity index (χ3v) is 4.89. The normalized spacial score (nSPS) is 28.7. The van der Waals surface area contributed by atoms with Gasteiger partial charge in [-0.2, -0.15) is 0 Å². The molecule has 2 heterocycles. The highest BCUT2D eigenvalue weighted by Crippen LogP contribution is 2.42. The van der Waals surface area contributed by atoms with Gasteiger partial charge in [-0.05, 0) is 37.9 Å². The Morgan fingerprint density at radius 2 is 2.05 bits per heavy atom. The Kier molecular flexibility index (Phi) is 3.50. The summed E-state index contributed by atoms with van der Waals surface area (Å²) < 4.78 is 5.81. The summed E-state index contributed by atoms with van der Waals surface area (Å²) in [7, 11) is 0. The van der Waals surface area contributed by atoms with Crippen molar-refractivity contribution in [3.05, 3.63) is 29.8 Å². The van der Waals surface area contributed by atoms with E-state index < -0.39 is 0 Å².